The third kappa shape index (κ3) is 3.56. The minimum absolute atomic E-state index is 0.418. The summed E-state index contributed by atoms with van der Waals surface area (Å²) in [4.78, 5) is 24.5. The maximum Gasteiger partial charge on any atom is 0.241 e. The zero-order chi connectivity index (χ0) is 29.5. The molecular formula is C37H20N6O2. The van der Waals surface area contributed by atoms with Crippen LogP contribution in [0.3, 0.4) is 0 Å². The smallest absolute Gasteiger partial charge is 0.241 e. The summed E-state index contributed by atoms with van der Waals surface area (Å²) in [5, 5.41) is 6.15. The molecule has 0 aliphatic carbocycles. The van der Waals surface area contributed by atoms with Crippen LogP contribution in [-0.4, -0.2) is 29.5 Å². The van der Waals surface area contributed by atoms with Crippen molar-refractivity contribution in [2.75, 3.05) is 0 Å². The fraction of sp³-hybridized carbons (Fsp3) is 0. The molecule has 0 saturated carbocycles. The molecule has 0 bridgehead atoms. The van der Waals surface area contributed by atoms with E-state index in [0.29, 0.717) is 17.6 Å². The van der Waals surface area contributed by atoms with Crippen molar-refractivity contribution >= 4 is 65.9 Å². The van der Waals surface area contributed by atoms with E-state index in [1.54, 1.807) is 12.4 Å². The Hall–Kier alpha value is -6.41. The summed E-state index contributed by atoms with van der Waals surface area (Å²) in [7, 11) is 0. The molecule has 0 fully saturated rings. The van der Waals surface area contributed by atoms with Crippen molar-refractivity contribution in [2.24, 2.45) is 0 Å². The molecule has 6 heterocycles. The zero-order valence-electron chi connectivity index (χ0n) is 23.5. The first-order valence-electron chi connectivity index (χ1n) is 14.6. The summed E-state index contributed by atoms with van der Waals surface area (Å²) < 4.78 is 14.3. The first-order chi connectivity index (χ1) is 22.3. The lowest BCUT2D eigenvalue weighted by Crippen LogP contribution is -2.07. The molecule has 10 aromatic rings. The summed E-state index contributed by atoms with van der Waals surface area (Å²) in [6.07, 6.45) is 3.54. The number of aromatic nitrogens is 6. The molecule has 4 aromatic carbocycles. The third-order valence-electron chi connectivity index (χ3n) is 8.38. The number of para-hydroxylation sites is 2. The first kappa shape index (κ1) is 24.1. The first-order valence-corrected chi connectivity index (χ1v) is 14.6. The van der Waals surface area contributed by atoms with Crippen LogP contribution in [0.25, 0.3) is 94.7 Å². The molecule has 45 heavy (non-hydrogen) atoms. The highest BCUT2D eigenvalue weighted by Crippen LogP contribution is 2.35. The van der Waals surface area contributed by atoms with Gasteiger partial charge in [-0.3, -0.25) is 0 Å². The van der Waals surface area contributed by atoms with Crippen LogP contribution in [0.5, 0.6) is 0 Å². The minimum atomic E-state index is 0.418. The largest absolute Gasteiger partial charge is 0.456 e. The van der Waals surface area contributed by atoms with E-state index in [9.17, 15) is 0 Å². The van der Waals surface area contributed by atoms with Crippen molar-refractivity contribution < 1.29 is 8.83 Å². The zero-order valence-corrected chi connectivity index (χ0v) is 23.5. The molecule has 0 N–H and O–H groups in total. The second kappa shape index (κ2) is 9.05. The fourth-order valence-corrected chi connectivity index (χ4v) is 6.31. The second-order valence-electron chi connectivity index (χ2n) is 11.0. The van der Waals surface area contributed by atoms with Crippen LogP contribution in [0.2, 0.25) is 0 Å². The van der Waals surface area contributed by atoms with Gasteiger partial charge >= 0.3 is 0 Å². The Morgan fingerprint density at radius 3 is 1.42 bits per heavy atom. The lowest BCUT2D eigenvalue weighted by Gasteiger charge is -2.10. The van der Waals surface area contributed by atoms with E-state index in [0.717, 1.165) is 77.1 Å². The average molecular weight is 581 g/mol. The Balaban J connectivity index is 1.24. The number of hydrogen-bond donors (Lipinski definition) is 0. The number of furan rings is 2. The van der Waals surface area contributed by atoms with Crippen molar-refractivity contribution in [2.45, 2.75) is 0 Å². The lowest BCUT2D eigenvalue weighted by molar-refractivity contribution is 0.668. The highest BCUT2D eigenvalue weighted by molar-refractivity contribution is 6.07. The van der Waals surface area contributed by atoms with Crippen molar-refractivity contribution in [3.05, 3.63) is 122 Å². The molecule has 0 amide bonds. The predicted molar refractivity (Wildman–Crippen MR) is 175 cm³/mol. The van der Waals surface area contributed by atoms with E-state index >= 15 is 0 Å². The van der Waals surface area contributed by atoms with Gasteiger partial charge in [-0.15, -0.1) is 0 Å². The number of rotatable bonds is 3. The molecule has 6 aromatic heterocycles. The monoisotopic (exact) mass is 580 g/mol. The number of pyridine rings is 2. The molecule has 0 spiro atoms. The van der Waals surface area contributed by atoms with E-state index in [-0.39, 0.29) is 0 Å². The molecule has 8 nitrogen and oxygen atoms in total. The minimum Gasteiger partial charge on any atom is -0.456 e. The van der Waals surface area contributed by atoms with Crippen LogP contribution in [0.1, 0.15) is 0 Å². The van der Waals surface area contributed by atoms with Crippen LogP contribution < -0.4 is 0 Å². The van der Waals surface area contributed by atoms with Gasteiger partial charge in [0, 0.05) is 55.8 Å². The number of benzene rings is 4. The third-order valence-corrected chi connectivity index (χ3v) is 8.38. The highest BCUT2D eigenvalue weighted by atomic mass is 16.3. The van der Waals surface area contributed by atoms with Gasteiger partial charge in [-0.25, -0.2) is 19.5 Å². The van der Waals surface area contributed by atoms with Gasteiger partial charge in [0.1, 0.15) is 33.6 Å². The standard InChI is InChI=1S/C37H20N6O2/c1-3-11-29-23(7-1)25-15-13-21(19-31(25)44-29)33-40-34(22-14-16-26-24-8-2-4-12-30(24)45-32(26)20-22)42-37(41-33)43-35-27(9-5-17-38-35)28-10-6-18-39-36(28)43/h1-20H. The van der Waals surface area contributed by atoms with Crippen molar-refractivity contribution in [3.8, 4) is 28.7 Å². The molecule has 10 rings (SSSR count). The quantitative estimate of drug-likeness (QED) is 0.206. The van der Waals surface area contributed by atoms with Gasteiger partial charge < -0.3 is 8.83 Å². The van der Waals surface area contributed by atoms with Crippen LogP contribution in [0.15, 0.2) is 130 Å². The Bertz CT molecular complexity index is 2610. The van der Waals surface area contributed by atoms with Gasteiger partial charge in [0.15, 0.2) is 11.6 Å². The molecule has 0 atom stereocenters. The summed E-state index contributed by atoms with van der Waals surface area (Å²) in [5.41, 5.74) is 6.24. The second-order valence-corrected chi connectivity index (χ2v) is 11.0. The normalized spacial score (nSPS) is 12.0. The van der Waals surface area contributed by atoms with Gasteiger partial charge in [-0.2, -0.15) is 9.97 Å². The Kier molecular flexibility index (Phi) is 4.84. The maximum absolute atomic E-state index is 6.22. The molecular weight excluding hydrogens is 560 g/mol. The maximum atomic E-state index is 6.22. The van der Waals surface area contributed by atoms with Crippen LogP contribution >= 0.6 is 0 Å². The van der Waals surface area contributed by atoms with E-state index < -0.39 is 0 Å². The summed E-state index contributed by atoms with van der Waals surface area (Å²) in [5.74, 6) is 1.43. The average Bonchev–Trinajstić information content (AvgIpc) is 3.77. The summed E-state index contributed by atoms with van der Waals surface area (Å²) in [6.45, 7) is 0. The summed E-state index contributed by atoms with van der Waals surface area (Å²) >= 11 is 0. The van der Waals surface area contributed by atoms with Gasteiger partial charge in [-0.05, 0) is 60.7 Å². The number of fused-ring (bicyclic) bond motifs is 9. The van der Waals surface area contributed by atoms with E-state index in [1.807, 2.05) is 89.5 Å². The SMILES string of the molecule is c1ccc2c(c1)oc1cc(-c3nc(-c4ccc5c(c4)oc4ccccc45)nc(-n4c5ncccc5c5cccnc54)n3)ccc12. The van der Waals surface area contributed by atoms with E-state index in [1.165, 1.54) is 0 Å². The summed E-state index contributed by atoms with van der Waals surface area (Å²) in [6, 6.07) is 36.1. The van der Waals surface area contributed by atoms with Crippen LogP contribution in [0.4, 0.5) is 0 Å². The molecule has 8 heteroatoms. The molecule has 0 aliphatic heterocycles. The van der Waals surface area contributed by atoms with Crippen LogP contribution in [0, 0.1) is 0 Å². The van der Waals surface area contributed by atoms with Crippen molar-refractivity contribution in [3.63, 3.8) is 0 Å². The van der Waals surface area contributed by atoms with Crippen molar-refractivity contribution in [1.82, 2.24) is 29.5 Å². The molecule has 210 valence electrons. The van der Waals surface area contributed by atoms with Gasteiger partial charge in [0.25, 0.3) is 0 Å². The molecule has 0 saturated heterocycles. The molecule has 0 radical (unpaired) electrons. The van der Waals surface area contributed by atoms with Gasteiger partial charge in [-0.1, -0.05) is 48.5 Å². The van der Waals surface area contributed by atoms with Gasteiger partial charge in [0.05, 0.1) is 0 Å². The lowest BCUT2D eigenvalue weighted by atomic mass is 10.1. The number of nitrogens with zero attached hydrogens (tertiary/aromatic N) is 6. The Labute approximate surface area is 254 Å². The Morgan fingerprint density at radius 2 is 0.889 bits per heavy atom. The highest BCUT2D eigenvalue weighted by Gasteiger charge is 2.20. The van der Waals surface area contributed by atoms with E-state index in [2.05, 4.69) is 24.3 Å². The predicted octanol–water partition coefficient (Wildman–Crippen LogP) is 8.89. The van der Waals surface area contributed by atoms with Gasteiger partial charge in [0.2, 0.25) is 5.95 Å². The molecule has 0 aliphatic rings. The Morgan fingerprint density at radius 1 is 0.422 bits per heavy atom. The van der Waals surface area contributed by atoms with Crippen LogP contribution in [-0.2, 0) is 0 Å². The fourth-order valence-electron chi connectivity index (χ4n) is 6.31. The number of hydrogen-bond acceptors (Lipinski definition) is 7. The van der Waals surface area contributed by atoms with Crippen molar-refractivity contribution in [1.29, 1.82) is 0 Å². The van der Waals surface area contributed by atoms with E-state index in [4.69, 9.17) is 33.8 Å². The topological polar surface area (TPSA) is 95.7 Å². The molecule has 0 unspecified atom stereocenters.